The smallest absolute Gasteiger partial charge is 0.138 e. The fourth-order valence-corrected chi connectivity index (χ4v) is 3.35. The van der Waals surface area contributed by atoms with E-state index in [1.807, 2.05) is 11.8 Å². The maximum atomic E-state index is 4.79. The minimum Gasteiger partial charge on any atom is -0.316 e. The van der Waals surface area contributed by atoms with Crippen molar-refractivity contribution in [3.8, 4) is 0 Å². The number of hydrogen-bond acceptors (Lipinski definition) is 4. The molecule has 1 aliphatic rings. The molecule has 1 N–H and O–H groups in total. The van der Waals surface area contributed by atoms with Gasteiger partial charge in [0.2, 0.25) is 0 Å². The molecule has 1 unspecified atom stereocenters. The zero-order valence-corrected chi connectivity index (χ0v) is 13.9. The number of thioether (sulfide) groups is 1. The molecular weight excluding hydrogens is 266 g/mol. The second-order valence-corrected chi connectivity index (χ2v) is 6.87. The van der Waals surface area contributed by atoms with Crippen molar-refractivity contribution in [2.75, 3.05) is 18.8 Å². The van der Waals surface area contributed by atoms with Crippen molar-refractivity contribution < 1.29 is 0 Å². The van der Waals surface area contributed by atoms with E-state index in [9.17, 15) is 0 Å². The summed E-state index contributed by atoms with van der Waals surface area (Å²) in [4.78, 5) is 9.49. The van der Waals surface area contributed by atoms with Crippen LogP contribution in [0.1, 0.15) is 49.5 Å². The monoisotopic (exact) mass is 293 g/mol. The van der Waals surface area contributed by atoms with Crippen molar-refractivity contribution in [1.82, 2.24) is 15.3 Å². The largest absolute Gasteiger partial charge is 0.316 e. The normalized spacial score (nSPS) is 18.1. The summed E-state index contributed by atoms with van der Waals surface area (Å²) in [5, 5.41) is 3.55. The fourth-order valence-electron chi connectivity index (χ4n) is 2.84. The van der Waals surface area contributed by atoms with Crippen LogP contribution in [0.2, 0.25) is 0 Å². The third kappa shape index (κ3) is 4.19. The second kappa shape index (κ2) is 7.99. The van der Waals surface area contributed by atoms with E-state index in [0.29, 0.717) is 0 Å². The van der Waals surface area contributed by atoms with E-state index >= 15 is 0 Å². The third-order valence-electron chi connectivity index (χ3n) is 3.92. The van der Waals surface area contributed by atoms with Crippen LogP contribution >= 0.6 is 11.8 Å². The first-order valence-corrected chi connectivity index (χ1v) is 9.03. The van der Waals surface area contributed by atoms with E-state index in [1.54, 1.807) is 0 Å². The van der Waals surface area contributed by atoms with Crippen LogP contribution in [0.15, 0.2) is 0 Å². The predicted molar refractivity (Wildman–Crippen MR) is 87.3 cm³/mol. The lowest BCUT2D eigenvalue weighted by Crippen LogP contribution is -2.29. The first-order chi connectivity index (χ1) is 9.74. The first kappa shape index (κ1) is 15.8. The molecule has 1 atom stereocenters. The highest BCUT2D eigenvalue weighted by atomic mass is 32.2. The molecule has 112 valence electrons. The highest BCUT2D eigenvalue weighted by Gasteiger charge is 2.22. The maximum Gasteiger partial charge on any atom is 0.138 e. The summed E-state index contributed by atoms with van der Waals surface area (Å²) in [6.07, 6.45) is 4.75. The molecule has 0 saturated heterocycles. The topological polar surface area (TPSA) is 37.8 Å². The minimum absolute atomic E-state index is 0.757. The molecule has 0 radical (unpaired) electrons. The summed E-state index contributed by atoms with van der Waals surface area (Å²) in [5.74, 6) is 3.86. The number of fused-ring (bicyclic) bond motifs is 1. The van der Waals surface area contributed by atoms with Gasteiger partial charge in [-0.25, -0.2) is 9.97 Å². The summed E-state index contributed by atoms with van der Waals surface area (Å²) in [5.41, 5.74) is 3.95. The molecule has 1 aliphatic carbocycles. The number of hydrogen-bond donors (Lipinski definition) is 1. The molecule has 3 nitrogen and oxygen atoms in total. The molecule has 0 fully saturated rings. The average molecular weight is 293 g/mol. The van der Waals surface area contributed by atoms with Crippen molar-refractivity contribution in [3.63, 3.8) is 0 Å². The lowest BCUT2D eigenvalue weighted by Gasteiger charge is -2.25. The summed E-state index contributed by atoms with van der Waals surface area (Å²) < 4.78 is 0. The number of aromatic nitrogens is 2. The summed E-state index contributed by atoms with van der Waals surface area (Å²) in [6.45, 7) is 8.83. The summed E-state index contributed by atoms with van der Waals surface area (Å²) >= 11 is 1.90. The Morgan fingerprint density at radius 1 is 1.30 bits per heavy atom. The highest BCUT2D eigenvalue weighted by molar-refractivity contribution is 7.98. The van der Waals surface area contributed by atoms with Crippen molar-refractivity contribution in [2.24, 2.45) is 5.92 Å². The van der Waals surface area contributed by atoms with Gasteiger partial charge in [-0.15, -0.1) is 0 Å². The van der Waals surface area contributed by atoms with E-state index in [-0.39, 0.29) is 0 Å². The Kier molecular flexibility index (Phi) is 6.30. The van der Waals surface area contributed by atoms with Crippen LogP contribution in [0.4, 0.5) is 0 Å². The molecule has 0 saturated carbocycles. The lowest BCUT2D eigenvalue weighted by atomic mass is 9.85. The molecule has 0 aliphatic heterocycles. The van der Waals surface area contributed by atoms with Gasteiger partial charge in [0.05, 0.1) is 5.75 Å². The van der Waals surface area contributed by atoms with Crippen molar-refractivity contribution in [1.29, 1.82) is 0 Å². The van der Waals surface area contributed by atoms with E-state index in [1.165, 1.54) is 29.8 Å². The van der Waals surface area contributed by atoms with Crippen LogP contribution in [0.25, 0.3) is 0 Å². The Morgan fingerprint density at radius 2 is 2.15 bits per heavy atom. The van der Waals surface area contributed by atoms with Gasteiger partial charge in [-0.2, -0.15) is 11.8 Å². The molecule has 2 rings (SSSR count). The Bertz CT molecular complexity index is 434. The van der Waals surface area contributed by atoms with Crippen molar-refractivity contribution in [2.45, 2.75) is 52.2 Å². The van der Waals surface area contributed by atoms with E-state index < -0.39 is 0 Å². The van der Waals surface area contributed by atoms with Gasteiger partial charge in [0.25, 0.3) is 0 Å². The quantitative estimate of drug-likeness (QED) is 0.784. The van der Waals surface area contributed by atoms with Crippen LogP contribution in [-0.2, 0) is 18.6 Å². The van der Waals surface area contributed by atoms with Gasteiger partial charge < -0.3 is 5.32 Å². The molecule has 0 bridgehead atoms. The molecule has 0 spiro atoms. The van der Waals surface area contributed by atoms with Crippen LogP contribution in [0, 0.1) is 12.8 Å². The van der Waals surface area contributed by atoms with E-state index in [4.69, 9.17) is 9.97 Å². The van der Waals surface area contributed by atoms with Gasteiger partial charge in [0.1, 0.15) is 5.82 Å². The average Bonchev–Trinajstić information content (AvgIpc) is 2.46. The molecule has 1 aromatic heterocycles. The number of nitrogens with one attached hydrogen (secondary N) is 1. The van der Waals surface area contributed by atoms with Gasteiger partial charge in [-0.05, 0) is 62.9 Å². The fraction of sp³-hybridized carbons (Fsp3) is 0.750. The lowest BCUT2D eigenvalue weighted by molar-refractivity contribution is 0.418. The van der Waals surface area contributed by atoms with E-state index in [0.717, 1.165) is 49.2 Å². The molecule has 0 aromatic carbocycles. The Morgan fingerprint density at radius 3 is 2.90 bits per heavy atom. The number of nitrogens with zero attached hydrogens (tertiary/aromatic N) is 2. The van der Waals surface area contributed by atoms with E-state index in [2.05, 4.69) is 26.1 Å². The van der Waals surface area contributed by atoms with Crippen LogP contribution in [-0.4, -0.2) is 28.8 Å². The molecule has 20 heavy (non-hydrogen) atoms. The number of aryl methyl sites for hydroxylation is 2. The zero-order valence-electron chi connectivity index (χ0n) is 13.0. The standard InChI is InChI=1S/C16H27N3S/c1-4-8-17-10-13-6-7-15-14(9-13)12(3)18-16(19-15)11-20-5-2/h13,17H,4-11H2,1-3H3. The molecule has 4 heteroatoms. The Balaban J connectivity index is 2.01. The van der Waals surface area contributed by atoms with Gasteiger partial charge in [0.15, 0.2) is 0 Å². The SMILES string of the molecule is CCCNCC1CCc2nc(CSCC)nc(C)c2C1. The van der Waals surface area contributed by atoms with Crippen LogP contribution in [0.5, 0.6) is 0 Å². The maximum absolute atomic E-state index is 4.79. The first-order valence-electron chi connectivity index (χ1n) is 7.88. The van der Waals surface area contributed by atoms with Gasteiger partial charge in [-0.3, -0.25) is 0 Å². The molecule has 1 aromatic rings. The summed E-state index contributed by atoms with van der Waals surface area (Å²) in [6, 6.07) is 0. The van der Waals surface area contributed by atoms with Gasteiger partial charge in [-0.1, -0.05) is 13.8 Å². The predicted octanol–water partition coefficient (Wildman–Crippen LogP) is 3.14. The number of rotatable bonds is 7. The minimum atomic E-state index is 0.757. The van der Waals surface area contributed by atoms with Crippen LogP contribution < -0.4 is 5.32 Å². The van der Waals surface area contributed by atoms with Crippen LogP contribution in [0.3, 0.4) is 0 Å². The Hall–Kier alpha value is -0.610. The summed E-state index contributed by atoms with van der Waals surface area (Å²) in [7, 11) is 0. The zero-order chi connectivity index (χ0) is 14.4. The Labute approximate surface area is 127 Å². The third-order valence-corrected chi connectivity index (χ3v) is 4.79. The molecule has 1 heterocycles. The second-order valence-electron chi connectivity index (χ2n) is 5.60. The van der Waals surface area contributed by atoms with Crippen molar-refractivity contribution >= 4 is 11.8 Å². The van der Waals surface area contributed by atoms with Gasteiger partial charge in [0, 0.05) is 11.4 Å². The molecular formula is C16H27N3S. The van der Waals surface area contributed by atoms with Crippen molar-refractivity contribution in [3.05, 3.63) is 22.8 Å². The highest BCUT2D eigenvalue weighted by Crippen LogP contribution is 2.26. The van der Waals surface area contributed by atoms with Gasteiger partial charge >= 0.3 is 0 Å². The molecule has 0 amide bonds.